The summed E-state index contributed by atoms with van der Waals surface area (Å²) < 4.78 is 12.8. The van der Waals surface area contributed by atoms with Crippen molar-refractivity contribution in [3.05, 3.63) is 107 Å². The Morgan fingerprint density at radius 3 is 2.00 bits per heavy atom. The first-order valence-corrected chi connectivity index (χ1v) is 14.5. The number of aromatic amines is 2. The van der Waals surface area contributed by atoms with Crippen molar-refractivity contribution < 1.29 is 8.83 Å². The lowest BCUT2D eigenvalue weighted by Gasteiger charge is -2.03. The van der Waals surface area contributed by atoms with Crippen LogP contribution in [0.3, 0.4) is 0 Å². The quantitative estimate of drug-likeness (QED) is 0.203. The van der Waals surface area contributed by atoms with Crippen molar-refractivity contribution in [2.24, 2.45) is 0 Å². The highest BCUT2D eigenvalue weighted by Gasteiger charge is 2.19. The number of nitrogens with one attached hydrogen (secondary N) is 2. The molecule has 10 rings (SSSR count). The normalized spacial score (nSPS) is 12.5. The van der Waals surface area contributed by atoms with Crippen molar-refractivity contribution in [2.75, 3.05) is 0 Å². The number of aromatic nitrogens is 2. The molecule has 0 fully saturated rings. The van der Waals surface area contributed by atoms with Crippen molar-refractivity contribution >= 4 is 111 Å². The van der Waals surface area contributed by atoms with Gasteiger partial charge in [0.2, 0.25) is 0 Å². The largest absolute Gasteiger partial charge is 0.455 e. The molecule has 0 saturated heterocycles. The Kier molecular flexibility index (Phi) is 4.27. The van der Waals surface area contributed by atoms with E-state index in [0.717, 1.165) is 98.6 Å². The van der Waals surface area contributed by atoms with E-state index in [1.165, 1.54) is 0 Å². The minimum atomic E-state index is 0.682. The smallest absolute Gasteiger partial charge is 0.159 e. The Balaban J connectivity index is 1.19. The maximum absolute atomic E-state index is 6.87. The summed E-state index contributed by atoms with van der Waals surface area (Å²) >= 11 is 13.6. The summed E-state index contributed by atoms with van der Waals surface area (Å²) in [6.07, 6.45) is 0. The fourth-order valence-electron chi connectivity index (χ4n) is 6.77. The van der Waals surface area contributed by atoms with Gasteiger partial charge in [-0.15, -0.1) is 0 Å². The van der Waals surface area contributed by atoms with Gasteiger partial charge in [-0.25, -0.2) is 0 Å². The predicted molar refractivity (Wildman–Crippen MR) is 175 cm³/mol. The predicted octanol–water partition coefficient (Wildman–Crippen LogP) is 11.7. The van der Waals surface area contributed by atoms with Crippen LogP contribution in [-0.4, -0.2) is 9.97 Å². The lowest BCUT2D eigenvalue weighted by Crippen LogP contribution is -1.78. The Morgan fingerprint density at radius 2 is 1.10 bits per heavy atom. The minimum absolute atomic E-state index is 0.682. The maximum Gasteiger partial charge on any atom is 0.159 e. The fourth-order valence-corrected chi connectivity index (χ4v) is 7.33. The van der Waals surface area contributed by atoms with Gasteiger partial charge in [0.05, 0.1) is 26.5 Å². The number of H-pyrrole nitrogens is 2. The van der Waals surface area contributed by atoms with Gasteiger partial charge in [0.25, 0.3) is 0 Å². The molecule has 10 aromatic rings. The zero-order valence-electron chi connectivity index (χ0n) is 21.8. The second-order valence-corrected chi connectivity index (χ2v) is 11.8. The van der Waals surface area contributed by atoms with Gasteiger partial charge in [-0.2, -0.15) is 0 Å². The van der Waals surface area contributed by atoms with E-state index in [1.54, 1.807) is 0 Å². The molecule has 0 radical (unpaired) electrons. The molecule has 0 saturated carbocycles. The molecule has 198 valence electrons. The van der Waals surface area contributed by atoms with Crippen molar-refractivity contribution in [1.29, 1.82) is 0 Å². The van der Waals surface area contributed by atoms with E-state index >= 15 is 0 Å². The molecule has 42 heavy (non-hydrogen) atoms. The summed E-state index contributed by atoms with van der Waals surface area (Å²) in [7, 11) is 0. The average Bonchev–Trinajstić information content (AvgIpc) is 3.77. The molecule has 6 heteroatoms. The van der Waals surface area contributed by atoms with Crippen LogP contribution in [0.5, 0.6) is 0 Å². The van der Waals surface area contributed by atoms with E-state index in [0.29, 0.717) is 10.0 Å². The topological polar surface area (TPSA) is 57.9 Å². The first-order valence-electron chi connectivity index (χ1n) is 13.7. The van der Waals surface area contributed by atoms with E-state index < -0.39 is 0 Å². The summed E-state index contributed by atoms with van der Waals surface area (Å²) in [4.78, 5) is 7.07. The van der Waals surface area contributed by atoms with Crippen LogP contribution in [0, 0.1) is 0 Å². The lowest BCUT2D eigenvalue weighted by molar-refractivity contribution is 0.672. The van der Waals surface area contributed by atoms with Gasteiger partial charge in [0.1, 0.15) is 16.7 Å². The van der Waals surface area contributed by atoms with Crippen LogP contribution in [0.25, 0.3) is 98.6 Å². The van der Waals surface area contributed by atoms with Crippen LogP contribution in [0.4, 0.5) is 0 Å². The zero-order chi connectivity index (χ0) is 27.7. The molecular weight excluding hydrogens is 563 g/mol. The number of para-hydroxylation sites is 2. The van der Waals surface area contributed by atoms with Crippen molar-refractivity contribution in [3.8, 4) is 11.1 Å². The SMILES string of the molecule is Clc1cc2c3ccc(-c4ccc5c(c4)[nH]c4c6oc7ccccc7c6cc(Cl)c54)cc3oc2c2c1[nH]c1ccccc12. The average molecular weight is 581 g/mol. The molecule has 6 aromatic carbocycles. The maximum atomic E-state index is 6.87. The molecular formula is C36H18Cl2N2O2. The van der Waals surface area contributed by atoms with Crippen molar-refractivity contribution in [3.63, 3.8) is 0 Å². The molecule has 0 unspecified atom stereocenters. The molecule has 4 nitrogen and oxygen atoms in total. The van der Waals surface area contributed by atoms with Crippen LogP contribution in [0.1, 0.15) is 0 Å². The number of hydrogen-bond donors (Lipinski definition) is 2. The fraction of sp³-hybridized carbons (Fsp3) is 0. The standard InChI is InChI=1S/C36H18Cl2N2O2/c37-25-15-24-19-5-2-4-8-29(19)41-36(24)34-31(25)22-12-10-17(13-28(22)40-34)18-9-11-20-23-16-26(38)33-32(35(23)42-30(20)14-18)21-6-1-3-7-27(21)39-33/h1-16,39-40H. The van der Waals surface area contributed by atoms with E-state index in [9.17, 15) is 0 Å². The molecule has 0 atom stereocenters. The van der Waals surface area contributed by atoms with Gasteiger partial charge in [-0.3, -0.25) is 0 Å². The second kappa shape index (κ2) is 7.89. The number of fused-ring (bicyclic) bond motifs is 14. The zero-order valence-corrected chi connectivity index (χ0v) is 23.3. The van der Waals surface area contributed by atoms with Crippen molar-refractivity contribution in [2.45, 2.75) is 0 Å². The van der Waals surface area contributed by atoms with Gasteiger partial charge in [0, 0.05) is 48.7 Å². The minimum Gasteiger partial charge on any atom is -0.455 e. The lowest BCUT2D eigenvalue weighted by atomic mass is 10.0. The van der Waals surface area contributed by atoms with E-state index in [1.807, 2.05) is 42.5 Å². The Morgan fingerprint density at radius 1 is 0.452 bits per heavy atom. The molecule has 0 bridgehead atoms. The van der Waals surface area contributed by atoms with Gasteiger partial charge in [-0.1, -0.05) is 77.8 Å². The molecule has 4 heterocycles. The van der Waals surface area contributed by atoms with Crippen LogP contribution in [0.15, 0.2) is 106 Å². The summed E-state index contributed by atoms with van der Waals surface area (Å²) in [5, 5.41) is 9.63. The van der Waals surface area contributed by atoms with E-state index in [4.69, 9.17) is 32.0 Å². The second-order valence-electron chi connectivity index (χ2n) is 10.9. The van der Waals surface area contributed by atoms with Crippen molar-refractivity contribution in [1.82, 2.24) is 9.97 Å². The number of halogens is 2. The highest BCUT2D eigenvalue weighted by molar-refractivity contribution is 6.41. The molecule has 0 aliphatic carbocycles. The Labute approximate surface area is 247 Å². The van der Waals surface area contributed by atoms with Gasteiger partial charge in [0.15, 0.2) is 5.58 Å². The monoisotopic (exact) mass is 580 g/mol. The van der Waals surface area contributed by atoms with E-state index in [-0.39, 0.29) is 0 Å². The molecule has 0 spiro atoms. The van der Waals surface area contributed by atoms with Crippen LogP contribution < -0.4 is 0 Å². The summed E-state index contributed by atoms with van der Waals surface area (Å²) in [6, 6.07) is 33.1. The van der Waals surface area contributed by atoms with Crippen LogP contribution in [0.2, 0.25) is 10.0 Å². The Bertz CT molecular complexity index is 2780. The van der Waals surface area contributed by atoms with Gasteiger partial charge in [-0.05, 0) is 53.6 Å². The Hall–Kier alpha value is -4.90. The molecule has 0 amide bonds. The summed E-state index contributed by atoms with van der Waals surface area (Å²) in [5.74, 6) is 0. The molecule has 2 N–H and O–H groups in total. The molecule has 4 aromatic heterocycles. The third kappa shape index (κ3) is 2.88. The van der Waals surface area contributed by atoms with Gasteiger partial charge >= 0.3 is 0 Å². The van der Waals surface area contributed by atoms with Gasteiger partial charge < -0.3 is 18.8 Å². The summed E-state index contributed by atoms with van der Waals surface area (Å²) in [5.41, 5.74) is 9.30. The first kappa shape index (κ1) is 22.8. The highest BCUT2D eigenvalue weighted by atomic mass is 35.5. The first-order chi connectivity index (χ1) is 20.6. The number of benzene rings is 6. The molecule has 0 aliphatic heterocycles. The number of rotatable bonds is 1. The third-order valence-corrected chi connectivity index (χ3v) is 9.27. The van der Waals surface area contributed by atoms with Crippen LogP contribution >= 0.6 is 23.2 Å². The number of furan rings is 2. The highest BCUT2D eigenvalue weighted by Crippen LogP contribution is 2.44. The van der Waals surface area contributed by atoms with E-state index in [2.05, 4.69) is 64.6 Å². The van der Waals surface area contributed by atoms with Crippen LogP contribution in [-0.2, 0) is 0 Å². The third-order valence-electron chi connectivity index (χ3n) is 8.67. The number of hydrogen-bond acceptors (Lipinski definition) is 2. The summed E-state index contributed by atoms with van der Waals surface area (Å²) in [6.45, 7) is 0. The molecule has 0 aliphatic rings.